The van der Waals surface area contributed by atoms with Gasteiger partial charge in [-0.25, -0.2) is 4.79 Å². The average Bonchev–Trinajstić information content (AvgIpc) is 3.54. The Hall–Kier alpha value is -3.35. The lowest BCUT2D eigenvalue weighted by atomic mass is 9.97. The Labute approximate surface area is 221 Å². The minimum Gasteiger partial charge on any atom is -0.444 e. The number of carbonyl (C=O) groups excluding carboxylic acids is 3. The molecule has 0 radical (unpaired) electrons. The molecular weight excluding hydrogens is 466 g/mol. The first-order valence-corrected chi connectivity index (χ1v) is 13.1. The highest BCUT2D eigenvalue weighted by Crippen LogP contribution is 2.41. The maximum atomic E-state index is 14.2. The van der Waals surface area contributed by atoms with Crippen molar-refractivity contribution in [2.75, 3.05) is 0 Å². The third-order valence-corrected chi connectivity index (χ3v) is 6.48. The molecule has 1 aliphatic rings. The summed E-state index contributed by atoms with van der Waals surface area (Å²) in [5.41, 5.74) is 2.03. The second-order valence-corrected chi connectivity index (χ2v) is 11.4. The molecule has 2 aromatic rings. The molecule has 0 saturated heterocycles. The highest BCUT2D eigenvalue weighted by atomic mass is 16.6. The predicted octanol–water partition coefficient (Wildman–Crippen LogP) is 5.14. The molecule has 3 rings (SSSR count). The van der Waals surface area contributed by atoms with Crippen molar-refractivity contribution < 1.29 is 19.1 Å². The zero-order chi connectivity index (χ0) is 27.3. The van der Waals surface area contributed by atoms with E-state index in [0.717, 1.165) is 23.1 Å². The number of benzene rings is 2. The number of nitrogens with zero attached hydrogens (tertiary/aromatic N) is 1. The number of rotatable bonds is 9. The van der Waals surface area contributed by atoms with Gasteiger partial charge in [-0.1, -0.05) is 80.9 Å². The molecule has 0 spiro atoms. The second kappa shape index (κ2) is 11.8. The fourth-order valence-electron chi connectivity index (χ4n) is 4.44. The van der Waals surface area contributed by atoms with Gasteiger partial charge in [0, 0.05) is 12.6 Å². The molecule has 4 unspecified atom stereocenters. The molecule has 4 atom stereocenters. The molecule has 1 saturated carbocycles. The minimum atomic E-state index is -0.836. The van der Waals surface area contributed by atoms with Gasteiger partial charge in [0.1, 0.15) is 17.7 Å². The van der Waals surface area contributed by atoms with Gasteiger partial charge in [0.25, 0.3) is 0 Å². The SMILES string of the molecule is Cc1cccc(C(C(=O)NCc2ccccc2)N(C(=O)C(NC(=O)OC(C)(C)C)C(C)C)C2CC2C)c1. The molecule has 1 fully saturated rings. The third-order valence-electron chi connectivity index (χ3n) is 6.48. The molecule has 0 aliphatic heterocycles. The number of hydrogen-bond acceptors (Lipinski definition) is 4. The van der Waals surface area contributed by atoms with Crippen LogP contribution in [0, 0.1) is 18.8 Å². The summed E-state index contributed by atoms with van der Waals surface area (Å²) in [5.74, 6) is -0.479. The van der Waals surface area contributed by atoms with Crippen LogP contribution in [0.5, 0.6) is 0 Å². The molecular formula is C30H41N3O4. The molecule has 37 heavy (non-hydrogen) atoms. The van der Waals surface area contributed by atoms with Gasteiger partial charge in [-0.3, -0.25) is 9.59 Å². The van der Waals surface area contributed by atoms with E-state index in [1.54, 1.807) is 25.7 Å². The largest absolute Gasteiger partial charge is 0.444 e. The first-order chi connectivity index (χ1) is 17.4. The monoisotopic (exact) mass is 507 g/mol. The number of alkyl carbamates (subject to hydrolysis) is 1. The Balaban J connectivity index is 1.96. The smallest absolute Gasteiger partial charge is 0.408 e. The van der Waals surface area contributed by atoms with E-state index in [1.165, 1.54) is 0 Å². The highest BCUT2D eigenvalue weighted by Gasteiger charge is 2.48. The topological polar surface area (TPSA) is 87.7 Å². The van der Waals surface area contributed by atoms with Gasteiger partial charge < -0.3 is 20.3 Å². The van der Waals surface area contributed by atoms with Gasteiger partial charge in [-0.2, -0.15) is 0 Å². The van der Waals surface area contributed by atoms with E-state index in [2.05, 4.69) is 17.6 Å². The van der Waals surface area contributed by atoms with E-state index < -0.39 is 23.8 Å². The quantitative estimate of drug-likeness (QED) is 0.492. The van der Waals surface area contributed by atoms with E-state index in [9.17, 15) is 14.4 Å². The van der Waals surface area contributed by atoms with Crippen LogP contribution in [-0.2, 0) is 20.9 Å². The zero-order valence-corrected chi connectivity index (χ0v) is 23.1. The van der Waals surface area contributed by atoms with Crippen molar-refractivity contribution in [1.82, 2.24) is 15.5 Å². The lowest BCUT2D eigenvalue weighted by Gasteiger charge is -2.36. The summed E-state index contributed by atoms with van der Waals surface area (Å²) >= 11 is 0. The fraction of sp³-hybridized carbons (Fsp3) is 0.500. The number of nitrogens with one attached hydrogen (secondary N) is 2. The molecule has 0 bridgehead atoms. The van der Waals surface area contributed by atoms with Crippen molar-refractivity contribution in [2.24, 2.45) is 11.8 Å². The van der Waals surface area contributed by atoms with E-state index >= 15 is 0 Å². The molecule has 200 valence electrons. The van der Waals surface area contributed by atoms with Crippen molar-refractivity contribution in [1.29, 1.82) is 0 Å². The van der Waals surface area contributed by atoms with Crippen molar-refractivity contribution >= 4 is 17.9 Å². The standard InChI is InChI=1S/C30H41N3O4/c1-19(2)25(32-29(36)37-30(5,6)7)28(35)33(24-17-21(24)4)26(23-15-11-12-20(3)16-23)27(34)31-18-22-13-9-8-10-14-22/h8-16,19,21,24-26H,17-18H2,1-7H3,(H,31,34)(H,32,36). The number of carbonyl (C=O) groups is 3. The summed E-state index contributed by atoms with van der Waals surface area (Å²) in [5, 5.41) is 5.83. The van der Waals surface area contributed by atoms with Crippen molar-refractivity contribution in [3.63, 3.8) is 0 Å². The van der Waals surface area contributed by atoms with Gasteiger partial charge in [0.15, 0.2) is 0 Å². The summed E-state index contributed by atoms with van der Waals surface area (Å²) < 4.78 is 5.44. The van der Waals surface area contributed by atoms with Crippen LogP contribution in [0.25, 0.3) is 0 Å². The molecule has 2 N–H and O–H groups in total. The highest BCUT2D eigenvalue weighted by molar-refractivity contribution is 5.92. The normalized spacial score (nSPS) is 18.5. The predicted molar refractivity (Wildman–Crippen MR) is 145 cm³/mol. The van der Waals surface area contributed by atoms with Crippen LogP contribution in [0.3, 0.4) is 0 Å². The minimum absolute atomic E-state index is 0.0952. The van der Waals surface area contributed by atoms with E-state index in [1.807, 2.05) is 75.4 Å². The summed E-state index contributed by atoms with van der Waals surface area (Å²) in [6.45, 7) is 13.5. The molecule has 3 amide bonds. The number of amides is 3. The summed E-state index contributed by atoms with van der Waals surface area (Å²) in [6, 6.07) is 15.6. The van der Waals surface area contributed by atoms with Crippen LogP contribution in [0.15, 0.2) is 54.6 Å². The maximum absolute atomic E-state index is 14.2. The Kier molecular flexibility index (Phi) is 9.00. The molecule has 1 aliphatic carbocycles. The number of aryl methyl sites for hydroxylation is 1. The van der Waals surface area contributed by atoms with Crippen molar-refractivity contribution in [3.05, 3.63) is 71.3 Å². The van der Waals surface area contributed by atoms with Gasteiger partial charge >= 0.3 is 6.09 Å². The summed E-state index contributed by atoms with van der Waals surface area (Å²) in [4.78, 5) is 42.3. The van der Waals surface area contributed by atoms with E-state index in [0.29, 0.717) is 6.54 Å². The maximum Gasteiger partial charge on any atom is 0.408 e. The first-order valence-electron chi connectivity index (χ1n) is 13.1. The summed E-state index contributed by atoms with van der Waals surface area (Å²) in [7, 11) is 0. The van der Waals surface area contributed by atoms with Crippen LogP contribution in [0.4, 0.5) is 4.79 Å². The van der Waals surface area contributed by atoms with Crippen LogP contribution in [0.1, 0.15) is 70.7 Å². The number of ether oxygens (including phenoxy) is 1. The molecule has 7 nitrogen and oxygen atoms in total. The van der Waals surface area contributed by atoms with Gasteiger partial charge in [0.2, 0.25) is 11.8 Å². The van der Waals surface area contributed by atoms with E-state index in [-0.39, 0.29) is 29.7 Å². The van der Waals surface area contributed by atoms with Gasteiger partial charge in [-0.15, -0.1) is 0 Å². The van der Waals surface area contributed by atoms with Gasteiger partial charge in [-0.05, 0) is 57.1 Å². The lowest BCUT2D eigenvalue weighted by Crippen LogP contribution is -2.55. The lowest BCUT2D eigenvalue weighted by molar-refractivity contribution is -0.144. The number of hydrogen-bond donors (Lipinski definition) is 2. The average molecular weight is 508 g/mol. The van der Waals surface area contributed by atoms with Crippen molar-refractivity contribution in [2.45, 2.75) is 85.2 Å². The first kappa shape index (κ1) is 28.2. The Bertz CT molecular complexity index is 1090. The second-order valence-electron chi connectivity index (χ2n) is 11.4. The van der Waals surface area contributed by atoms with Crippen LogP contribution >= 0.6 is 0 Å². The third kappa shape index (κ3) is 7.81. The van der Waals surface area contributed by atoms with E-state index in [4.69, 9.17) is 4.74 Å². The Morgan fingerprint density at radius 2 is 1.70 bits per heavy atom. The summed E-state index contributed by atoms with van der Waals surface area (Å²) in [6.07, 6.45) is 0.154. The zero-order valence-electron chi connectivity index (χ0n) is 23.1. The molecule has 7 heteroatoms. The van der Waals surface area contributed by atoms with Crippen LogP contribution in [-0.4, -0.2) is 40.5 Å². The Morgan fingerprint density at radius 1 is 1.05 bits per heavy atom. The fourth-order valence-corrected chi connectivity index (χ4v) is 4.44. The molecule has 0 heterocycles. The van der Waals surface area contributed by atoms with Crippen molar-refractivity contribution in [3.8, 4) is 0 Å². The van der Waals surface area contributed by atoms with Crippen LogP contribution < -0.4 is 10.6 Å². The molecule has 0 aromatic heterocycles. The van der Waals surface area contributed by atoms with Gasteiger partial charge in [0.05, 0.1) is 0 Å². The molecule has 2 aromatic carbocycles. The van der Waals surface area contributed by atoms with Crippen LogP contribution in [0.2, 0.25) is 0 Å². The Morgan fingerprint density at radius 3 is 2.24 bits per heavy atom.